The van der Waals surface area contributed by atoms with Gasteiger partial charge in [0, 0.05) is 5.56 Å². The van der Waals surface area contributed by atoms with Gasteiger partial charge in [-0.3, -0.25) is 9.69 Å². The minimum absolute atomic E-state index is 0.00918. The molecule has 2 nitrogen and oxygen atoms in total. The lowest BCUT2D eigenvalue weighted by molar-refractivity contribution is 0.0769. The molecule has 1 aromatic carbocycles. The Morgan fingerprint density at radius 2 is 1.90 bits per heavy atom. The number of aryl methyl sites for hydroxylation is 2. The number of Topliss-reactive ketones (excluding diaryl/α,β-unsaturated/α-hetero) is 1. The summed E-state index contributed by atoms with van der Waals surface area (Å²) in [5.74, 6) is 1.12. The monoisotopic (exact) mass is 273 g/mol. The number of likely N-dealkylation sites (tertiary alicyclic amines) is 1. The van der Waals surface area contributed by atoms with Crippen molar-refractivity contribution in [3.8, 4) is 0 Å². The zero-order valence-electron chi connectivity index (χ0n) is 13.3. The molecule has 0 bridgehead atoms. The van der Waals surface area contributed by atoms with Gasteiger partial charge < -0.3 is 0 Å². The van der Waals surface area contributed by atoms with E-state index in [-0.39, 0.29) is 11.8 Å². The van der Waals surface area contributed by atoms with Gasteiger partial charge in [-0.25, -0.2) is 0 Å². The SMILES string of the molecule is CCC1CCN(C(C)C(=O)c2ccc(C)c(C)c2)CC1. The molecular formula is C18H27NO. The Labute approximate surface area is 123 Å². The van der Waals surface area contributed by atoms with Crippen molar-refractivity contribution in [3.63, 3.8) is 0 Å². The van der Waals surface area contributed by atoms with Crippen LogP contribution in [-0.4, -0.2) is 29.8 Å². The Morgan fingerprint density at radius 3 is 2.45 bits per heavy atom. The fraction of sp³-hybridized carbons (Fsp3) is 0.611. The van der Waals surface area contributed by atoms with Gasteiger partial charge in [-0.1, -0.05) is 25.5 Å². The van der Waals surface area contributed by atoms with Crippen LogP contribution in [0.4, 0.5) is 0 Å². The first kappa shape index (κ1) is 15.2. The Kier molecular flexibility index (Phi) is 4.98. The molecule has 0 radical (unpaired) electrons. The Balaban J connectivity index is 2.03. The first-order valence-electron chi connectivity index (χ1n) is 7.88. The zero-order chi connectivity index (χ0) is 14.7. The van der Waals surface area contributed by atoms with Crippen molar-refractivity contribution in [2.45, 2.75) is 53.0 Å². The summed E-state index contributed by atoms with van der Waals surface area (Å²) < 4.78 is 0. The number of rotatable bonds is 4. The number of nitrogens with zero attached hydrogens (tertiary/aromatic N) is 1. The van der Waals surface area contributed by atoms with Gasteiger partial charge in [0.25, 0.3) is 0 Å². The summed E-state index contributed by atoms with van der Waals surface area (Å²) in [5, 5.41) is 0. The van der Waals surface area contributed by atoms with Gasteiger partial charge in [0.2, 0.25) is 0 Å². The lowest BCUT2D eigenvalue weighted by atomic mass is 9.92. The van der Waals surface area contributed by atoms with E-state index in [4.69, 9.17) is 0 Å². The van der Waals surface area contributed by atoms with Crippen molar-refractivity contribution < 1.29 is 4.79 Å². The fourth-order valence-electron chi connectivity index (χ4n) is 3.05. The minimum atomic E-state index is 0.00918. The highest BCUT2D eigenvalue weighted by Gasteiger charge is 2.26. The Hall–Kier alpha value is -1.15. The van der Waals surface area contributed by atoms with Crippen molar-refractivity contribution in [1.29, 1.82) is 0 Å². The molecule has 1 aromatic rings. The number of piperidine rings is 1. The van der Waals surface area contributed by atoms with Crippen molar-refractivity contribution >= 4 is 5.78 Å². The summed E-state index contributed by atoms with van der Waals surface area (Å²) in [7, 11) is 0. The van der Waals surface area contributed by atoms with E-state index in [1.165, 1.54) is 30.4 Å². The predicted octanol–water partition coefficient (Wildman–Crippen LogP) is 4.00. The maximum absolute atomic E-state index is 12.6. The van der Waals surface area contributed by atoms with E-state index in [2.05, 4.69) is 38.7 Å². The van der Waals surface area contributed by atoms with Crippen LogP contribution in [0.15, 0.2) is 18.2 Å². The molecule has 1 unspecified atom stereocenters. The quantitative estimate of drug-likeness (QED) is 0.773. The van der Waals surface area contributed by atoms with Gasteiger partial charge in [-0.2, -0.15) is 0 Å². The molecule has 110 valence electrons. The molecular weight excluding hydrogens is 246 g/mol. The maximum atomic E-state index is 12.6. The third-order valence-corrected chi connectivity index (χ3v) is 4.95. The van der Waals surface area contributed by atoms with Gasteiger partial charge in [0.15, 0.2) is 5.78 Å². The normalized spacial score (nSPS) is 19.0. The summed E-state index contributed by atoms with van der Waals surface area (Å²) in [4.78, 5) is 15.0. The number of carbonyl (C=O) groups excluding carboxylic acids is 1. The van der Waals surface area contributed by atoms with E-state index < -0.39 is 0 Å². The van der Waals surface area contributed by atoms with Crippen LogP contribution in [0.3, 0.4) is 0 Å². The van der Waals surface area contributed by atoms with Crippen LogP contribution in [0.25, 0.3) is 0 Å². The minimum Gasteiger partial charge on any atom is -0.293 e. The molecule has 20 heavy (non-hydrogen) atoms. The van der Waals surface area contributed by atoms with E-state index in [1.807, 2.05) is 12.1 Å². The molecule has 2 heteroatoms. The molecule has 1 saturated heterocycles. The first-order valence-corrected chi connectivity index (χ1v) is 7.88. The van der Waals surface area contributed by atoms with Gasteiger partial charge in [0.05, 0.1) is 6.04 Å². The second kappa shape index (κ2) is 6.53. The molecule has 0 N–H and O–H groups in total. The van der Waals surface area contributed by atoms with Crippen molar-refractivity contribution in [2.75, 3.05) is 13.1 Å². The standard InChI is InChI=1S/C18H27NO/c1-5-16-8-10-19(11-9-16)15(4)18(20)17-7-6-13(2)14(3)12-17/h6-7,12,15-16H,5,8-11H2,1-4H3. The van der Waals surface area contributed by atoms with Crippen LogP contribution in [0.2, 0.25) is 0 Å². The molecule has 1 fully saturated rings. The first-order chi connectivity index (χ1) is 9.52. The highest BCUT2D eigenvalue weighted by atomic mass is 16.1. The summed E-state index contributed by atoms with van der Waals surface area (Å²) >= 11 is 0. The molecule has 2 rings (SSSR count). The van der Waals surface area contributed by atoms with Crippen molar-refractivity contribution in [2.24, 2.45) is 5.92 Å². The number of hydrogen-bond acceptors (Lipinski definition) is 2. The summed E-state index contributed by atoms with van der Waals surface area (Å²) in [6.07, 6.45) is 3.75. The molecule has 0 amide bonds. The van der Waals surface area contributed by atoms with Crippen LogP contribution >= 0.6 is 0 Å². The molecule has 1 aliphatic rings. The number of carbonyl (C=O) groups is 1. The topological polar surface area (TPSA) is 20.3 Å². The van der Waals surface area contributed by atoms with Crippen LogP contribution in [0.5, 0.6) is 0 Å². The molecule has 1 atom stereocenters. The third-order valence-electron chi connectivity index (χ3n) is 4.95. The van der Waals surface area contributed by atoms with Gasteiger partial charge in [-0.05, 0) is 69.8 Å². The van der Waals surface area contributed by atoms with E-state index >= 15 is 0 Å². The fourth-order valence-corrected chi connectivity index (χ4v) is 3.05. The van der Waals surface area contributed by atoms with E-state index in [1.54, 1.807) is 0 Å². The Bertz CT molecular complexity index is 472. The molecule has 0 saturated carbocycles. The van der Waals surface area contributed by atoms with Gasteiger partial charge in [0.1, 0.15) is 0 Å². The highest BCUT2D eigenvalue weighted by Crippen LogP contribution is 2.23. The zero-order valence-corrected chi connectivity index (χ0v) is 13.3. The van der Waals surface area contributed by atoms with Gasteiger partial charge in [-0.15, -0.1) is 0 Å². The smallest absolute Gasteiger partial charge is 0.179 e. The lowest BCUT2D eigenvalue weighted by Crippen LogP contribution is -2.44. The second-order valence-electron chi connectivity index (χ2n) is 6.23. The largest absolute Gasteiger partial charge is 0.293 e. The second-order valence-corrected chi connectivity index (χ2v) is 6.23. The summed E-state index contributed by atoms with van der Waals surface area (Å²) in [6.45, 7) is 10.6. The van der Waals surface area contributed by atoms with E-state index in [0.29, 0.717) is 0 Å². The van der Waals surface area contributed by atoms with Crippen molar-refractivity contribution in [1.82, 2.24) is 4.90 Å². The molecule has 0 spiro atoms. The molecule has 0 aliphatic carbocycles. The number of ketones is 1. The predicted molar refractivity (Wildman–Crippen MR) is 84.3 cm³/mol. The summed E-state index contributed by atoms with van der Waals surface area (Å²) in [5.41, 5.74) is 3.31. The Morgan fingerprint density at radius 1 is 1.25 bits per heavy atom. The number of hydrogen-bond donors (Lipinski definition) is 0. The van der Waals surface area contributed by atoms with E-state index in [9.17, 15) is 4.79 Å². The maximum Gasteiger partial charge on any atom is 0.179 e. The molecule has 0 aromatic heterocycles. The van der Waals surface area contributed by atoms with Gasteiger partial charge >= 0.3 is 0 Å². The van der Waals surface area contributed by atoms with Crippen LogP contribution in [-0.2, 0) is 0 Å². The number of benzene rings is 1. The van der Waals surface area contributed by atoms with E-state index in [0.717, 1.165) is 24.6 Å². The lowest BCUT2D eigenvalue weighted by Gasteiger charge is -2.35. The highest BCUT2D eigenvalue weighted by molar-refractivity contribution is 6.00. The van der Waals surface area contributed by atoms with Crippen molar-refractivity contribution in [3.05, 3.63) is 34.9 Å². The van der Waals surface area contributed by atoms with Crippen LogP contribution in [0.1, 0.15) is 54.6 Å². The summed E-state index contributed by atoms with van der Waals surface area (Å²) in [6, 6.07) is 6.07. The van der Waals surface area contributed by atoms with Crippen LogP contribution in [0, 0.1) is 19.8 Å². The third kappa shape index (κ3) is 3.29. The van der Waals surface area contributed by atoms with Crippen LogP contribution < -0.4 is 0 Å². The average molecular weight is 273 g/mol. The average Bonchev–Trinajstić information content (AvgIpc) is 2.48. The molecule has 1 heterocycles. The molecule has 1 aliphatic heterocycles.